The first-order chi connectivity index (χ1) is 11.2. The fourth-order valence-electron chi connectivity index (χ4n) is 1.88. The van der Waals surface area contributed by atoms with E-state index in [2.05, 4.69) is 4.74 Å². The standard InChI is InChI=1S/C15H21NO7S/c1-11(2)16(10-14(17)18)24(20,21)13-6-4-12(5-7-13)23-9-8-15(19)22-3/h4-7,11H,8-10H2,1-3H3,(H,17,18). The fourth-order valence-corrected chi connectivity index (χ4v) is 3.46. The highest BCUT2D eigenvalue weighted by molar-refractivity contribution is 7.89. The van der Waals surface area contributed by atoms with Crippen LogP contribution in [-0.2, 0) is 24.3 Å². The van der Waals surface area contributed by atoms with E-state index in [1.165, 1.54) is 31.4 Å². The van der Waals surface area contributed by atoms with Crippen molar-refractivity contribution in [3.05, 3.63) is 24.3 Å². The molecule has 0 spiro atoms. The van der Waals surface area contributed by atoms with E-state index in [4.69, 9.17) is 9.84 Å². The second-order valence-electron chi connectivity index (χ2n) is 5.18. The summed E-state index contributed by atoms with van der Waals surface area (Å²) >= 11 is 0. The second kappa shape index (κ2) is 8.65. The van der Waals surface area contributed by atoms with Crippen molar-refractivity contribution < 1.29 is 32.6 Å². The molecule has 8 nitrogen and oxygen atoms in total. The third-order valence-corrected chi connectivity index (χ3v) is 5.14. The van der Waals surface area contributed by atoms with Crippen molar-refractivity contribution in [1.82, 2.24) is 4.31 Å². The van der Waals surface area contributed by atoms with E-state index in [-0.39, 0.29) is 17.9 Å². The van der Waals surface area contributed by atoms with Crippen LogP contribution in [0.25, 0.3) is 0 Å². The van der Waals surface area contributed by atoms with Gasteiger partial charge in [-0.15, -0.1) is 0 Å². The summed E-state index contributed by atoms with van der Waals surface area (Å²) < 4.78 is 35.7. The largest absolute Gasteiger partial charge is 0.493 e. The van der Waals surface area contributed by atoms with Crippen molar-refractivity contribution in [1.29, 1.82) is 0 Å². The number of esters is 1. The summed E-state index contributed by atoms with van der Waals surface area (Å²) in [5.74, 6) is -1.24. The number of aliphatic carboxylic acids is 1. The molecule has 0 aliphatic heterocycles. The number of rotatable bonds is 9. The van der Waals surface area contributed by atoms with Crippen LogP contribution in [0, 0.1) is 0 Å². The van der Waals surface area contributed by atoms with E-state index < -0.39 is 34.5 Å². The Labute approximate surface area is 141 Å². The van der Waals surface area contributed by atoms with E-state index in [9.17, 15) is 18.0 Å². The minimum absolute atomic E-state index is 0.0298. The van der Waals surface area contributed by atoms with Gasteiger partial charge >= 0.3 is 11.9 Å². The van der Waals surface area contributed by atoms with Crippen molar-refractivity contribution >= 4 is 22.0 Å². The molecule has 0 saturated carbocycles. The molecule has 134 valence electrons. The molecular formula is C15H21NO7S. The van der Waals surface area contributed by atoms with E-state index >= 15 is 0 Å². The third kappa shape index (κ3) is 5.50. The first kappa shape index (κ1) is 19.9. The van der Waals surface area contributed by atoms with Crippen LogP contribution < -0.4 is 4.74 Å². The Morgan fingerprint density at radius 3 is 2.25 bits per heavy atom. The zero-order chi connectivity index (χ0) is 18.3. The van der Waals surface area contributed by atoms with Gasteiger partial charge in [0.15, 0.2) is 0 Å². The molecule has 0 aliphatic rings. The molecule has 0 aromatic heterocycles. The lowest BCUT2D eigenvalue weighted by atomic mass is 10.3. The van der Waals surface area contributed by atoms with E-state index in [1.54, 1.807) is 13.8 Å². The van der Waals surface area contributed by atoms with Gasteiger partial charge < -0.3 is 14.6 Å². The predicted octanol–water partition coefficient (Wildman–Crippen LogP) is 1.11. The summed E-state index contributed by atoms with van der Waals surface area (Å²) in [6.45, 7) is 2.70. The molecule has 0 atom stereocenters. The van der Waals surface area contributed by atoms with Crippen LogP contribution >= 0.6 is 0 Å². The van der Waals surface area contributed by atoms with Crippen molar-refractivity contribution in [2.45, 2.75) is 31.2 Å². The number of hydrogen-bond acceptors (Lipinski definition) is 6. The summed E-state index contributed by atoms with van der Waals surface area (Å²) in [5, 5.41) is 8.89. The maximum absolute atomic E-state index is 12.5. The van der Waals surface area contributed by atoms with Crippen LogP contribution in [-0.4, -0.2) is 56.1 Å². The van der Waals surface area contributed by atoms with Crippen LogP contribution in [0.3, 0.4) is 0 Å². The van der Waals surface area contributed by atoms with Gasteiger partial charge in [-0.3, -0.25) is 9.59 Å². The topological polar surface area (TPSA) is 110 Å². The molecule has 1 rings (SSSR count). The van der Waals surface area contributed by atoms with Gasteiger partial charge in [0, 0.05) is 6.04 Å². The monoisotopic (exact) mass is 359 g/mol. The predicted molar refractivity (Wildman–Crippen MR) is 85.2 cm³/mol. The van der Waals surface area contributed by atoms with Crippen molar-refractivity contribution in [3.8, 4) is 5.75 Å². The lowest BCUT2D eigenvalue weighted by Crippen LogP contribution is -2.40. The molecule has 0 saturated heterocycles. The summed E-state index contributed by atoms with van der Waals surface area (Å²) in [7, 11) is -2.65. The van der Waals surface area contributed by atoms with Gasteiger partial charge in [0.25, 0.3) is 0 Å². The number of benzene rings is 1. The summed E-state index contributed by atoms with van der Waals surface area (Å²) in [4.78, 5) is 21.8. The number of methoxy groups -OCH3 is 1. The Hall–Kier alpha value is -2.13. The van der Waals surface area contributed by atoms with Crippen LogP contribution in [0.15, 0.2) is 29.2 Å². The molecule has 9 heteroatoms. The van der Waals surface area contributed by atoms with Gasteiger partial charge in [-0.05, 0) is 38.1 Å². The van der Waals surface area contributed by atoms with Crippen molar-refractivity contribution in [2.24, 2.45) is 0 Å². The second-order valence-corrected chi connectivity index (χ2v) is 7.07. The lowest BCUT2D eigenvalue weighted by Gasteiger charge is -2.24. The number of sulfonamides is 1. The molecule has 0 fully saturated rings. The number of carbonyl (C=O) groups excluding carboxylic acids is 1. The number of carboxylic acid groups (broad SMARTS) is 1. The summed E-state index contributed by atoms with van der Waals surface area (Å²) in [6.07, 6.45) is 0.0797. The van der Waals surface area contributed by atoms with Gasteiger partial charge in [0.05, 0.1) is 25.0 Å². The number of nitrogens with zero attached hydrogens (tertiary/aromatic N) is 1. The normalized spacial score (nSPS) is 11.5. The van der Waals surface area contributed by atoms with Crippen LogP contribution in [0.5, 0.6) is 5.75 Å². The van der Waals surface area contributed by atoms with Gasteiger partial charge in [-0.1, -0.05) is 0 Å². The van der Waals surface area contributed by atoms with Crippen LogP contribution in [0.4, 0.5) is 0 Å². The summed E-state index contributed by atoms with van der Waals surface area (Å²) in [6, 6.07) is 5.06. The van der Waals surface area contributed by atoms with Crippen molar-refractivity contribution in [2.75, 3.05) is 20.3 Å². The lowest BCUT2D eigenvalue weighted by molar-refractivity contribution is -0.141. The zero-order valence-corrected chi connectivity index (χ0v) is 14.6. The fraction of sp³-hybridized carbons (Fsp3) is 0.467. The highest BCUT2D eigenvalue weighted by Gasteiger charge is 2.28. The quantitative estimate of drug-likeness (QED) is 0.658. The number of hydrogen-bond donors (Lipinski definition) is 1. The smallest absolute Gasteiger partial charge is 0.318 e. The highest BCUT2D eigenvalue weighted by Crippen LogP contribution is 2.21. The highest BCUT2D eigenvalue weighted by atomic mass is 32.2. The minimum atomic E-state index is -3.93. The summed E-state index contributed by atoms with van der Waals surface area (Å²) in [5.41, 5.74) is 0. The SMILES string of the molecule is COC(=O)CCOc1ccc(S(=O)(=O)N(CC(=O)O)C(C)C)cc1. The molecule has 1 N–H and O–H groups in total. The van der Waals surface area contributed by atoms with Gasteiger partial charge in [-0.25, -0.2) is 8.42 Å². The van der Waals surface area contributed by atoms with Crippen molar-refractivity contribution in [3.63, 3.8) is 0 Å². The first-order valence-corrected chi connectivity index (χ1v) is 8.65. The molecule has 0 unspecified atom stereocenters. The Kier molecular flexibility index (Phi) is 7.18. The maximum Gasteiger partial charge on any atom is 0.318 e. The minimum Gasteiger partial charge on any atom is -0.493 e. The molecule has 1 aromatic rings. The molecule has 0 amide bonds. The first-order valence-electron chi connectivity index (χ1n) is 7.21. The van der Waals surface area contributed by atoms with E-state index in [1.807, 2.05) is 0 Å². The van der Waals surface area contributed by atoms with Crippen LogP contribution in [0.1, 0.15) is 20.3 Å². The number of ether oxygens (including phenoxy) is 2. The van der Waals surface area contributed by atoms with Gasteiger partial charge in [-0.2, -0.15) is 4.31 Å². The maximum atomic E-state index is 12.5. The molecule has 0 radical (unpaired) electrons. The molecule has 24 heavy (non-hydrogen) atoms. The molecule has 0 heterocycles. The zero-order valence-electron chi connectivity index (χ0n) is 13.8. The Bertz CT molecular complexity index is 668. The van der Waals surface area contributed by atoms with Gasteiger partial charge in [0.1, 0.15) is 12.3 Å². The Morgan fingerprint density at radius 1 is 1.21 bits per heavy atom. The molecule has 1 aromatic carbocycles. The van der Waals surface area contributed by atoms with Gasteiger partial charge in [0.2, 0.25) is 10.0 Å². The molecular weight excluding hydrogens is 338 g/mol. The number of carbonyl (C=O) groups is 2. The molecule has 0 aliphatic carbocycles. The average molecular weight is 359 g/mol. The molecule has 0 bridgehead atoms. The Morgan fingerprint density at radius 2 is 1.79 bits per heavy atom. The van der Waals surface area contributed by atoms with E-state index in [0.29, 0.717) is 5.75 Å². The Balaban J connectivity index is 2.86. The third-order valence-electron chi connectivity index (χ3n) is 3.10. The number of carboxylic acids is 1. The van der Waals surface area contributed by atoms with Crippen LogP contribution in [0.2, 0.25) is 0 Å². The van der Waals surface area contributed by atoms with E-state index in [0.717, 1.165) is 4.31 Å². The average Bonchev–Trinajstić information content (AvgIpc) is 2.52.